The SMILES string of the molecule is SC1CCCCC1(SCC1CS1)C1CCS1. The van der Waals surface area contributed by atoms with Crippen molar-refractivity contribution in [3.63, 3.8) is 0 Å². The Morgan fingerprint density at radius 2 is 2.06 bits per heavy atom. The maximum Gasteiger partial charge on any atom is 0.0395 e. The van der Waals surface area contributed by atoms with Crippen LogP contribution in [0.4, 0.5) is 0 Å². The molecule has 2 aliphatic heterocycles. The van der Waals surface area contributed by atoms with E-state index in [-0.39, 0.29) is 0 Å². The molecule has 0 spiro atoms. The van der Waals surface area contributed by atoms with Gasteiger partial charge in [0.05, 0.1) is 0 Å². The second-order valence-corrected chi connectivity index (χ2v) is 9.78. The van der Waals surface area contributed by atoms with Crippen molar-refractivity contribution in [1.82, 2.24) is 0 Å². The van der Waals surface area contributed by atoms with Gasteiger partial charge in [0.2, 0.25) is 0 Å². The Hall–Kier alpha value is 1.40. The molecule has 0 bridgehead atoms. The summed E-state index contributed by atoms with van der Waals surface area (Å²) in [6.07, 6.45) is 7.09. The molecule has 1 aliphatic carbocycles. The molecule has 1 saturated carbocycles. The predicted molar refractivity (Wildman–Crippen MR) is 83.5 cm³/mol. The summed E-state index contributed by atoms with van der Waals surface area (Å²) in [5, 5.41) is 2.56. The molecule has 16 heavy (non-hydrogen) atoms. The van der Waals surface area contributed by atoms with E-state index in [0.29, 0.717) is 10.00 Å². The van der Waals surface area contributed by atoms with E-state index in [2.05, 4.69) is 35.3 Å². The van der Waals surface area contributed by atoms with Crippen LogP contribution >= 0.6 is 47.9 Å². The zero-order valence-electron chi connectivity index (χ0n) is 9.56. The molecule has 3 aliphatic rings. The Morgan fingerprint density at radius 1 is 1.25 bits per heavy atom. The van der Waals surface area contributed by atoms with Crippen molar-refractivity contribution >= 4 is 47.9 Å². The van der Waals surface area contributed by atoms with Crippen molar-refractivity contribution in [2.24, 2.45) is 0 Å². The largest absolute Gasteiger partial charge is 0.174 e. The summed E-state index contributed by atoms with van der Waals surface area (Å²) in [7, 11) is 0. The van der Waals surface area contributed by atoms with Crippen molar-refractivity contribution in [3.8, 4) is 0 Å². The molecule has 3 rings (SSSR count). The van der Waals surface area contributed by atoms with Gasteiger partial charge in [-0.05, 0) is 25.0 Å². The number of thioether (sulfide) groups is 3. The minimum atomic E-state index is 0.535. The molecular formula is C12H20S4. The smallest absolute Gasteiger partial charge is 0.0395 e. The van der Waals surface area contributed by atoms with E-state index in [4.69, 9.17) is 12.6 Å². The van der Waals surface area contributed by atoms with Crippen LogP contribution in [-0.4, -0.2) is 37.8 Å². The van der Waals surface area contributed by atoms with Crippen molar-refractivity contribution < 1.29 is 0 Å². The van der Waals surface area contributed by atoms with Crippen molar-refractivity contribution in [3.05, 3.63) is 0 Å². The molecule has 4 atom stereocenters. The molecule has 0 aromatic heterocycles. The van der Waals surface area contributed by atoms with E-state index in [1.807, 2.05) is 0 Å². The Kier molecular flexibility index (Phi) is 4.03. The monoisotopic (exact) mass is 292 g/mol. The molecule has 0 N–H and O–H groups in total. The van der Waals surface area contributed by atoms with Crippen LogP contribution < -0.4 is 0 Å². The van der Waals surface area contributed by atoms with E-state index in [1.54, 1.807) is 0 Å². The number of hydrogen-bond acceptors (Lipinski definition) is 4. The van der Waals surface area contributed by atoms with Gasteiger partial charge in [-0.2, -0.15) is 47.9 Å². The molecule has 4 heteroatoms. The first-order valence-electron chi connectivity index (χ1n) is 6.36. The van der Waals surface area contributed by atoms with Gasteiger partial charge in [-0.15, -0.1) is 0 Å². The highest BCUT2D eigenvalue weighted by Gasteiger charge is 2.49. The third-order valence-corrected chi connectivity index (χ3v) is 9.68. The van der Waals surface area contributed by atoms with Gasteiger partial charge in [-0.1, -0.05) is 12.8 Å². The van der Waals surface area contributed by atoms with Crippen LogP contribution in [-0.2, 0) is 0 Å². The zero-order valence-corrected chi connectivity index (χ0v) is 12.9. The standard InChI is InChI=1S/C12H20S4/c13-10-3-1-2-5-12(10,11-4-6-14-11)16-8-9-7-15-9/h9-11,13H,1-8H2. The average Bonchev–Trinajstić information content (AvgIpc) is 3.00. The van der Waals surface area contributed by atoms with Crippen LogP contribution in [0.1, 0.15) is 32.1 Å². The lowest BCUT2D eigenvalue weighted by atomic mass is 9.84. The van der Waals surface area contributed by atoms with E-state index >= 15 is 0 Å². The van der Waals surface area contributed by atoms with E-state index in [0.717, 1.165) is 10.5 Å². The minimum Gasteiger partial charge on any atom is -0.174 e. The highest BCUT2D eigenvalue weighted by atomic mass is 32.2. The maximum absolute atomic E-state index is 4.95. The second kappa shape index (κ2) is 5.18. The summed E-state index contributed by atoms with van der Waals surface area (Å²) in [5.41, 5.74) is 0. The number of thiol groups is 1. The molecule has 0 nitrogen and oxygen atoms in total. The molecule has 0 aromatic rings. The Morgan fingerprint density at radius 3 is 2.62 bits per heavy atom. The summed E-state index contributed by atoms with van der Waals surface area (Å²) < 4.78 is 0.535. The quantitative estimate of drug-likeness (QED) is 0.616. The molecule has 2 saturated heterocycles. The molecule has 0 radical (unpaired) electrons. The van der Waals surface area contributed by atoms with Crippen LogP contribution in [0.15, 0.2) is 0 Å². The summed E-state index contributed by atoms with van der Waals surface area (Å²) >= 11 is 11.6. The molecule has 2 heterocycles. The van der Waals surface area contributed by atoms with Gasteiger partial charge in [-0.25, -0.2) is 0 Å². The molecular weight excluding hydrogens is 272 g/mol. The third kappa shape index (κ3) is 2.41. The summed E-state index contributed by atoms with van der Waals surface area (Å²) in [6.45, 7) is 0. The lowest BCUT2D eigenvalue weighted by molar-refractivity contribution is 0.389. The highest BCUT2D eigenvalue weighted by Crippen LogP contribution is 2.54. The predicted octanol–water partition coefficient (Wildman–Crippen LogP) is 3.95. The fourth-order valence-electron chi connectivity index (χ4n) is 2.82. The van der Waals surface area contributed by atoms with E-state index in [1.165, 1.54) is 49.4 Å². The molecule has 0 amide bonds. The van der Waals surface area contributed by atoms with E-state index in [9.17, 15) is 0 Å². The van der Waals surface area contributed by atoms with Crippen LogP contribution in [0.25, 0.3) is 0 Å². The van der Waals surface area contributed by atoms with Gasteiger partial charge < -0.3 is 0 Å². The maximum atomic E-state index is 4.95. The first-order valence-corrected chi connectivity index (χ1v) is 9.96. The summed E-state index contributed by atoms with van der Waals surface area (Å²) in [6, 6.07) is 0. The Labute approximate surface area is 117 Å². The Balaban J connectivity index is 1.68. The van der Waals surface area contributed by atoms with Gasteiger partial charge >= 0.3 is 0 Å². The molecule has 0 aromatic carbocycles. The van der Waals surface area contributed by atoms with Crippen molar-refractivity contribution in [2.75, 3.05) is 17.3 Å². The van der Waals surface area contributed by atoms with Gasteiger partial charge in [0, 0.05) is 32.0 Å². The normalized spacial score (nSPS) is 47.4. The van der Waals surface area contributed by atoms with E-state index < -0.39 is 0 Å². The van der Waals surface area contributed by atoms with Crippen molar-refractivity contribution in [2.45, 2.75) is 52.6 Å². The minimum absolute atomic E-state index is 0.535. The van der Waals surface area contributed by atoms with Gasteiger partial charge in [0.25, 0.3) is 0 Å². The Bertz CT molecular complexity index is 245. The summed E-state index contributed by atoms with van der Waals surface area (Å²) in [4.78, 5) is 0. The fraction of sp³-hybridized carbons (Fsp3) is 1.00. The van der Waals surface area contributed by atoms with Gasteiger partial charge in [0.1, 0.15) is 0 Å². The summed E-state index contributed by atoms with van der Waals surface area (Å²) in [5.74, 6) is 4.20. The highest BCUT2D eigenvalue weighted by molar-refractivity contribution is 8.09. The second-order valence-electron chi connectivity index (χ2n) is 5.13. The topological polar surface area (TPSA) is 0 Å². The fourth-order valence-corrected chi connectivity index (χ4v) is 7.59. The van der Waals surface area contributed by atoms with Crippen LogP contribution in [0.2, 0.25) is 0 Å². The molecule has 4 unspecified atom stereocenters. The molecule has 3 fully saturated rings. The lowest BCUT2D eigenvalue weighted by Gasteiger charge is -2.50. The molecule has 92 valence electrons. The first kappa shape index (κ1) is 12.4. The number of rotatable bonds is 4. The number of hydrogen-bond donors (Lipinski definition) is 1. The van der Waals surface area contributed by atoms with Gasteiger partial charge in [0.15, 0.2) is 0 Å². The lowest BCUT2D eigenvalue weighted by Crippen LogP contribution is -2.51. The zero-order chi connectivity index (χ0) is 11.0. The van der Waals surface area contributed by atoms with Crippen molar-refractivity contribution in [1.29, 1.82) is 0 Å². The van der Waals surface area contributed by atoms with Crippen LogP contribution in [0, 0.1) is 0 Å². The van der Waals surface area contributed by atoms with Crippen LogP contribution in [0.3, 0.4) is 0 Å². The first-order chi connectivity index (χ1) is 7.81. The average molecular weight is 293 g/mol. The van der Waals surface area contributed by atoms with Crippen LogP contribution in [0.5, 0.6) is 0 Å². The third-order valence-electron chi connectivity index (χ3n) is 4.04. The van der Waals surface area contributed by atoms with Gasteiger partial charge in [-0.3, -0.25) is 0 Å².